The van der Waals surface area contributed by atoms with E-state index in [2.05, 4.69) is 0 Å². The van der Waals surface area contributed by atoms with E-state index in [4.69, 9.17) is 10.2 Å². The summed E-state index contributed by atoms with van der Waals surface area (Å²) in [6.07, 6.45) is 0.769. The maximum atomic E-state index is 10.5. The van der Waals surface area contributed by atoms with Gasteiger partial charge in [0.1, 0.15) is 0 Å². The van der Waals surface area contributed by atoms with Gasteiger partial charge in [0.15, 0.2) is 0 Å². The Hall–Kier alpha value is -1.16. The monoisotopic (exact) mass is 326 g/mol. The third kappa shape index (κ3) is 11.5. The fraction of sp³-hybridized carbons (Fsp3) is 0. The summed E-state index contributed by atoms with van der Waals surface area (Å²) in [7, 11) is 0. The molecule has 0 aliphatic carbocycles. The number of hydrogen-bond acceptors (Lipinski definition) is 6. The van der Waals surface area contributed by atoms with E-state index in [-0.39, 0.29) is 70.2 Å². The van der Waals surface area contributed by atoms with Crippen molar-refractivity contribution < 1.29 is 98.7 Å². The zero-order valence-corrected chi connectivity index (χ0v) is 15.8. The summed E-state index contributed by atoms with van der Waals surface area (Å²) >= 11 is 0. The minimum absolute atomic E-state index is 0. The molecule has 0 amide bonds. The van der Waals surface area contributed by atoms with E-state index in [9.17, 15) is 29.4 Å². The Morgan fingerprint density at radius 1 is 0.773 bits per heavy atom. The standard InChI is InChI=1S/C8H6O4.C4H4O4.2Na/c9-7(10)5-3-1-2-4-6(5)8(11)12;5-3(6)1-2-4(7)8;;/h1-4H,(H,9,10)(H,11,12);1-2H,(H,5,6)(H,7,8);;/q;;2*+1/p-2/b;2-1-;;. The second kappa shape index (κ2) is 13.5. The van der Waals surface area contributed by atoms with Gasteiger partial charge in [0.05, 0.1) is 23.1 Å². The summed E-state index contributed by atoms with van der Waals surface area (Å²) in [5.74, 6) is -5.55. The molecule has 1 rings (SSSR count). The Kier molecular flexibility index (Phi) is 15.8. The van der Waals surface area contributed by atoms with E-state index < -0.39 is 23.9 Å². The topological polar surface area (TPSA) is 155 Å². The van der Waals surface area contributed by atoms with Crippen LogP contribution in [0.25, 0.3) is 0 Å². The van der Waals surface area contributed by atoms with Gasteiger partial charge in [0.2, 0.25) is 0 Å². The van der Waals surface area contributed by atoms with Crippen LogP contribution in [-0.2, 0) is 9.59 Å². The molecule has 0 saturated heterocycles. The van der Waals surface area contributed by atoms with Crippen LogP contribution in [0.5, 0.6) is 0 Å². The van der Waals surface area contributed by atoms with Crippen LogP contribution in [0.1, 0.15) is 20.7 Å². The molecular weight excluding hydrogens is 318 g/mol. The van der Waals surface area contributed by atoms with Crippen molar-refractivity contribution in [1.82, 2.24) is 0 Å². The van der Waals surface area contributed by atoms with Gasteiger partial charge in [-0.3, -0.25) is 0 Å². The van der Waals surface area contributed by atoms with Gasteiger partial charge in [-0.25, -0.2) is 9.59 Å². The second-order valence-corrected chi connectivity index (χ2v) is 3.13. The van der Waals surface area contributed by atoms with Crippen LogP contribution in [-0.4, -0.2) is 34.1 Å². The first-order chi connectivity index (χ1) is 9.25. The zero-order valence-electron chi connectivity index (χ0n) is 11.8. The minimum Gasteiger partial charge on any atom is -0.545 e. The summed E-state index contributed by atoms with van der Waals surface area (Å²) in [4.78, 5) is 39.8. The number of carbonyl (C=O) groups excluding carboxylic acids is 2. The number of benzene rings is 1. The van der Waals surface area contributed by atoms with Crippen LogP contribution in [0.2, 0.25) is 0 Å². The summed E-state index contributed by atoms with van der Waals surface area (Å²) in [5, 5.41) is 35.9. The molecule has 0 saturated carbocycles. The van der Waals surface area contributed by atoms with Crippen molar-refractivity contribution in [2.75, 3.05) is 0 Å². The number of aromatic carboxylic acids is 2. The molecule has 0 aromatic heterocycles. The first-order valence-corrected chi connectivity index (χ1v) is 4.91. The summed E-state index contributed by atoms with van der Waals surface area (Å²) in [6.45, 7) is 0. The van der Waals surface area contributed by atoms with Crippen LogP contribution in [0.4, 0.5) is 0 Å². The molecule has 0 heterocycles. The van der Waals surface area contributed by atoms with Gasteiger partial charge in [-0.05, 0) is 24.3 Å². The molecule has 22 heavy (non-hydrogen) atoms. The number of carbonyl (C=O) groups is 4. The quantitative estimate of drug-likeness (QED) is 0.408. The van der Waals surface area contributed by atoms with Crippen molar-refractivity contribution in [1.29, 1.82) is 0 Å². The smallest absolute Gasteiger partial charge is 0.545 e. The average molecular weight is 326 g/mol. The van der Waals surface area contributed by atoms with Gasteiger partial charge >= 0.3 is 71.1 Å². The molecule has 0 fully saturated rings. The molecule has 8 nitrogen and oxygen atoms in total. The second-order valence-electron chi connectivity index (χ2n) is 3.13. The van der Waals surface area contributed by atoms with Gasteiger partial charge in [0, 0.05) is 0 Å². The van der Waals surface area contributed by atoms with Crippen molar-refractivity contribution in [3.63, 3.8) is 0 Å². The van der Waals surface area contributed by atoms with Gasteiger partial charge in [-0.1, -0.05) is 12.1 Å². The largest absolute Gasteiger partial charge is 1.00 e. The summed E-state index contributed by atoms with van der Waals surface area (Å²) < 4.78 is 0. The maximum absolute atomic E-state index is 10.5. The van der Waals surface area contributed by atoms with Crippen molar-refractivity contribution in [2.45, 2.75) is 0 Å². The number of aliphatic carboxylic acids is 2. The molecule has 1 aromatic carbocycles. The van der Waals surface area contributed by atoms with E-state index in [1.54, 1.807) is 0 Å². The Bertz CT molecular complexity index is 519. The number of hydrogen-bond donors (Lipinski definition) is 2. The Morgan fingerprint density at radius 2 is 1.05 bits per heavy atom. The van der Waals surface area contributed by atoms with Gasteiger partial charge < -0.3 is 30.0 Å². The zero-order chi connectivity index (χ0) is 15.7. The van der Waals surface area contributed by atoms with Crippen molar-refractivity contribution in [2.24, 2.45) is 0 Å². The van der Waals surface area contributed by atoms with Gasteiger partial charge in [0.25, 0.3) is 0 Å². The van der Waals surface area contributed by atoms with Crippen LogP contribution < -0.4 is 69.3 Å². The molecule has 106 valence electrons. The molecule has 2 N–H and O–H groups in total. The number of carboxylic acids is 4. The number of rotatable bonds is 4. The van der Waals surface area contributed by atoms with E-state index in [1.165, 1.54) is 24.3 Å². The number of carboxylic acid groups (broad SMARTS) is 4. The van der Waals surface area contributed by atoms with Crippen molar-refractivity contribution in [3.8, 4) is 0 Å². The summed E-state index contributed by atoms with van der Waals surface area (Å²) in [6, 6.07) is 5.48. The fourth-order valence-electron chi connectivity index (χ4n) is 0.992. The molecule has 0 bridgehead atoms. The molecule has 1 aromatic rings. The molecule has 0 spiro atoms. The van der Waals surface area contributed by atoms with Crippen LogP contribution in [0, 0.1) is 0 Å². The molecule has 0 aliphatic heterocycles. The van der Waals surface area contributed by atoms with E-state index in [0.717, 1.165) is 0 Å². The molecule has 0 atom stereocenters. The molecule has 0 radical (unpaired) electrons. The summed E-state index contributed by atoms with van der Waals surface area (Å²) in [5.41, 5.74) is -0.380. The molecule has 0 aliphatic rings. The van der Waals surface area contributed by atoms with Crippen molar-refractivity contribution in [3.05, 3.63) is 47.5 Å². The molecular formula is C12H8Na2O8. The van der Waals surface area contributed by atoms with Crippen LogP contribution in [0.3, 0.4) is 0 Å². The third-order valence-corrected chi connectivity index (χ3v) is 1.74. The Morgan fingerprint density at radius 3 is 1.23 bits per heavy atom. The van der Waals surface area contributed by atoms with Gasteiger partial charge in [-0.2, -0.15) is 0 Å². The van der Waals surface area contributed by atoms with Crippen molar-refractivity contribution >= 4 is 23.9 Å². The first-order valence-electron chi connectivity index (χ1n) is 4.91. The normalized spacial score (nSPS) is 8.55. The predicted molar refractivity (Wildman–Crippen MR) is 59.5 cm³/mol. The Labute approximate surface area is 169 Å². The maximum Gasteiger partial charge on any atom is 1.00 e. The predicted octanol–water partition coefficient (Wildman–Crippen LogP) is -7.87. The third-order valence-electron chi connectivity index (χ3n) is 1.74. The molecule has 10 heteroatoms. The Balaban J connectivity index is -0.000000323. The SMILES string of the molecule is O=C(O)c1ccccc1C(=O)O.O=C([O-])/C=C\C(=O)[O-].[Na+].[Na+]. The van der Waals surface area contributed by atoms with Crippen LogP contribution in [0.15, 0.2) is 36.4 Å². The minimum atomic E-state index is -1.55. The fourth-order valence-corrected chi connectivity index (χ4v) is 0.992. The van der Waals surface area contributed by atoms with E-state index in [0.29, 0.717) is 12.2 Å². The molecule has 0 unspecified atom stereocenters. The van der Waals surface area contributed by atoms with Crippen LogP contribution >= 0.6 is 0 Å². The average Bonchev–Trinajstić information content (AvgIpc) is 2.37. The van der Waals surface area contributed by atoms with E-state index >= 15 is 0 Å². The van der Waals surface area contributed by atoms with Gasteiger partial charge in [-0.15, -0.1) is 0 Å². The van der Waals surface area contributed by atoms with E-state index in [1.807, 2.05) is 0 Å². The first kappa shape index (κ1) is 25.8.